The molecule has 1 aromatic carbocycles. The van der Waals surface area contributed by atoms with Crippen LogP contribution in [0.2, 0.25) is 0 Å². The molecule has 0 radical (unpaired) electrons. The van der Waals surface area contributed by atoms with Crippen molar-refractivity contribution >= 4 is 23.0 Å². The minimum absolute atomic E-state index is 0.0639. The number of amides is 3. The van der Waals surface area contributed by atoms with Crippen molar-refractivity contribution in [3.63, 3.8) is 0 Å². The van der Waals surface area contributed by atoms with Crippen LogP contribution >= 0.6 is 0 Å². The van der Waals surface area contributed by atoms with Gasteiger partial charge in [-0.2, -0.15) is 0 Å². The fourth-order valence-electron chi connectivity index (χ4n) is 3.23. The topological polar surface area (TPSA) is 81.3 Å². The molecule has 3 rings (SSSR count). The number of rotatable bonds is 3. The van der Waals surface area contributed by atoms with Crippen LogP contribution < -0.4 is 5.32 Å². The first-order chi connectivity index (χ1) is 12.7. The number of H-pyrrole nitrogens is 1. The van der Waals surface area contributed by atoms with Crippen LogP contribution in [0.5, 0.6) is 0 Å². The van der Waals surface area contributed by atoms with Gasteiger partial charge in [0.2, 0.25) is 5.91 Å². The third-order valence-electron chi connectivity index (χ3n) is 4.69. The first kappa shape index (κ1) is 19.2. The van der Waals surface area contributed by atoms with E-state index in [1.54, 1.807) is 4.90 Å². The summed E-state index contributed by atoms with van der Waals surface area (Å²) >= 11 is 0. The molecule has 27 heavy (non-hydrogen) atoms. The molecule has 0 unspecified atom stereocenters. The lowest BCUT2D eigenvalue weighted by molar-refractivity contribution is -0.131. The standard InChI is InChI=1S/C20H29N5O2/c1-5-17-21-15-7-6-14(12-16(15)22-17)13-18(26)24-8-10-25(11-9-24)19(27)23-20(2,3)4/h6-7,12H,5,8-11,13H2,1-4H3,(H,21,22)(H,23,27). The lowest BCUT2D eigenvalue weighted by atomic mass is 10.1. The molecular formula is C20H29N5O2. The molecular weight excluding hydrogens is 342 g/mol. The largest absolute Gasteiger partial charge is 0.342 e. The Morgan fingerprint density at radius 1 is 1.15 bits per heavy atom. The van der Waals surface area contributed by atoms with Crippen molar-refractivity contribution < 1.29 is 9.59 Å². The van der Waals surface area contributed by atoms with E-state index in [9.17, 15) is 9.59 Å². The number of benzene rings is 1. The number of aryl methyl sites for hydroxylation is 1. The molecule has 2 heterocycles. The summed E-state index contributed by atoms with van der Waals surface area (Å²) in [7, 11) is 0. The number of piperazine rings is 1. The van der Waals surface area contributed by atoms with Gasteiger partial charge in [-0.15, -0.1) is 0 Å². The van der Waals surface area contributed by atoms with Crippen molar-refractivity contribution in [2.75, 3.05) is 26.2 Å². The van der Waals surface area contributed by atoms with Gasteiger partial charge >= 0.3 is 6.03 Å². The van der Waals surface area contributed by atoms with Gasteiger partial charge in [0.15, 0.2) is 0 Å². The first-order valence-corrected chi connectivity index (χ1v) is 9.57. The molecule has 2 aromatic rings. The highest BCUT2D eigenvalue weighted by atomic mass is 16.2. The van der Waals surface area contributed by atoms with Gasteiger partial charge in [-0.1, -0.05) is 13.0 Å². The molecule has 146 valence electrons. The lowest BCUT2D eigenvalue weighted by Gasteiger charge is -2.36. The molecule has 1 aliphatic rings. The van der Waals surface area contributed by atoms with Gasteiger partial charge in [0.25, 0.3) is 0 Å². The molecule has 1 fully saturated rings. The van der Waals surface area contributed by atoms with Crippen LogP contribution in [-0.4, -0.2) is 63.4 Å². The Hall–Kier alpha value is -2.57. The SMILES string of the molecule is CCc1nc2ccc(CC(=O)N3CCN(C(=O)NC(C)(C)C)CC3)cc2[nH]1. The van der Waals surface area contributed by atoms with Crippen LogP contribution in [0.3, 0.4) is 0 Å². The van der Waals surface area contributed by atoms with Gasteiger partial charge in [0.05, 0.1) is 17.5 Å². The van der Waals surface area contributed by atoms with Gasteiger partial charge in [0, 0.05) is 38.1 Å². The number of nitrogens with zero attached hydrogens (tertiary/aromatic N) is 3. The number of aromatic amines is 1. The Balaban J connectivity index is 1.56. The minimum atomic E-state index is -0.257. The van der Waals surface area contributed by atoms with E-state index in [4.69, 9.17) is 0 Å². The quantitative estimate of drug-likeness (QED) is 0.869. The van der Waals surface area contributed by atoms with Crippen LogP contribution in [0.15, 0.2) is 18.2 Å². The van der Waals surface area contributed by atoms with Gasteiger partial charge in [-0.25, -0.2) is 9.78 Å². The smallest absolute Gasteiger partial charge is 0.317 e. The summed E-state index contributed by atoms with van der Waals surface area (Å²) < 4.78 is 0. The summed E-state index contributed by atoms with van der Waals surface area (Å²) in [4.78, 5) is 36.3. The highest BCUT2D eigenvalue weighted by Crippen LogP contribution is 2.16. The number of hydrogen-bond donors (Lipinski definition) is 2. The van der Waals surface area contributed by atoms with Crippen LogP contribution in [0, 0.1) is 0 Å². The number of carbonyl (C=O) groups is 2. The molecule has 0 aliphatic carbocycles. The average Bonchev–Trinajstić information content (AvgIpc) is 3.03. The van der Waals surface area contributed by atoms with Crippen LogP contribution in [-0.2, 0) is 17.6 Å². The van der Waals surface area contributed by atoms with Gasteiger partial charge in [0.1, 0.15) is 5.82 Å². The van der Waals surface area contributed by atoms with E-state index in [1.165, 1.54) is 0 Å². The van der Waals surface area contributed by atoms with Crippen molar-refractivity contribution in [2.45, 2.75) is 46.1 Å². The fourth-order valence-corrected chi connectivity index (χ4v) is 3.23. The fraction of sp³-hybridized carbons (Fsp3) is 0.550. The van der Waals surface area contributed by atoms with E-state index in [1.807, 2.05) is 43.9 Å². The van der Waals surface area contributed by atoms with E-state index in [-0.39, 0.29) is 17.5 Å². The van der Waals surface area contributed by atoms with Crippen molar-refractivity contribution in [1.82, 2.24) is 25.1 Å². The molecule has 1 aliphatic heterocycles. The van der Waals surface area contributed by atoms with Crippen molar-refractivity contribution in [1.29, 1.82) is 0 Å². The predicted molar refractivity (Wildman–Crippen MR) is 106 cm³/mol. The zero-order valence-electron chi connectivity index (χ0n) is 16.6. The van der Waals surface area contributed by atoms with E-state index in [2.05, 4.69) is 22.2 Å². The summed E-state index contributed by atoms with van der Waals surface area (Å²) in [5.41, 5.74) is 2.63. The molecule has 7 nitrogen and oxygen atoms in total. The summed E-state index contributed by atoms with van der Waals surface area (Å²) in [6.45, 7) is 10.2. The van der Waals surface area contributed by atoms with Crippen LogP contribution in [0.4, 0.5) is 4.79 Å². The first-order valence-electron chi connectivity index (χ1n) is 9.57. The Bertz CT molecular complexity index is 828. The zero-order valence-corrected chi connectivity index (χ0v) is 16.6. The summed E-state index contributed by atoms with van der Waals surface area (Å²) in [6, 6.07) is 5.87. The maximum absolute atomic E-state index is 12.7. The zero-order chi connectivity index (χ0) is 19.6. The summed E-state index contributed by atoms with van der Waals surface area (Å²) in [5, 5.41) is 2.97. The van der Waals surface area contributed by atoms with E-state index in [0.29, 0.717) is 32.6 Å². The van der Waals surface area contributed by atoms with Gasteiger partial charge in [-0.3, -0.25) is 4.79 Å². The third kappa shape index (κ3) is 4.78. The second kappa shape index (κ2) is 7.58. The molecule has 0 saturated carbocycles. The van der Waals surface area contributed by atoms with Gasteiger partial charge < -0.3 is 20.1 Å². The maximum atomic E-state index is 12.7. The Morgan fingerprint density at radius 2 is 1.81 bits per heavy atom. The Morgan fingerprint density at radius 3 is 2.44 bits per heavy atom. The summed E-state index contributed by atoms with van der Waals surface area (Å²) in [5.74, 6) is 1.05. The average molecular weight is 371 g/mol. The normalized spacial score (nSPS) is 15.3. The molecule has 3 amide bonds. The predicted octanol–water partition coefficient (Wildman–Crippen LogP) is 2.32. The lowest BCUT2D eigenvalue weighted by Crippen LogP contribution is -2.56. The number of nitrogens with one attached hydrogen (secondary N) is 2. The Kier molecular flexibility index (Phi) is 5.39. The number of aromatic nitrogens is 2. The van der Waals surface area contributed by atoms with Crippen LogP contribution in [0.1, 0.15) is 39.1 Å². The number of imidazole rings is 1. The molecule has 1 aromatic heterocycles. The maximum Gasteiger partial charge on any atom is 0.317 e. The molecule has 0 atom stereocenters. The third-order valence-corrected chi connectivity index (χ3v) is 4.69. The number of urea groups is 1. The van der Waals surface area contributed by atoms with Crippen LogP contribution in [0.25, 0.3) is 11.0 Å². The second-order valence-corrected chi connectivity index (χ2v) is 8.11. The molecule has 0 spiro atoms. The Labute approximate surface area is 160 Å². The van der Waals surface area contributed by atoms with Crippen molar-refractivity contribution in [3.8, 4) is 0 Å². The highest BCUT2D eigenvalue weighted by molar-refractivity contribution is 5.82. The molecule has 1 saturated heterocycles. The van der Waals surface area contributed by atoms with E-state index >= 15 is 0 Å². The monoisotopic (exact) mass is 371 g/mol. The number of hydrogen-bond acceptors (Lipinski definition) is 3. The highest BCUT2D eigenvalue weighted by Gasteiger charge is 2.26. The van der Waals surface area contributed by atoms with Crippen molar-refractivity contribution in [3.05, 3.63) is 29.6 Å². The molecule has 2 N–H and O–H groups in total. The van der Waals surface area contributed by atoms with Gasteiger partial charge in [-0.05, 0) is 38.5 Å². The second-order valence-electron chi connectivity index (χ2n) is 8.11. The molecule has 0 bridgehead atoms. The van der Waals surface area contributed by atoms with E-state index < -0.39 is 0 Å². The number of carbonyl (C=O) groups excluding carboxylic acids is 2. The number of fused-ring (bicyclic) bond motifs is 1. The molecule has 7 heteroatoms. The van der Waals surface area contributed by atoms with Crippen molar-refractivity contribution in [2.24, 2.45) is 0 Å². The summed E-state index contributed by atoms with van der Waals surface area (Å²) in [6.07, 6.45) is 1.22. The van der Waals surface area contributed by atoms with E-state index in [0.717, 1.165) is 28.8 Å². The minimum Gasteiger partial charge on any atom is -0.342 e.